The molecule has 1 aliphatic rings. The molecule has 0 spiro atoms. The Morgan fingerprint density at radius 2 is 1.39 bits per heavy atom. The van der Waals surface area contributed by atoms with Gasteiger partial charge in [0.15, 0.2) is 0 Å². The van der Waals surface area contributed by atoms with Crippen molar-refractivity contribution >= 4 is 0 Å². The van der Waals surface area contributed by atoms with Crippen LogP contribution >= 0.6 is 0 Å². The van der Waals surface area contributed by atoms with Crippen molar-refractivity contribution in [3.8, 4) is 16.9 Å². The largest absolute Gasteiger partial charge is 0.573 e. The first-order valence-corrected chi connectivity index (χ1v) is 10.4. The van der Waals surface area contributed by atoms with Crippen molar-refractivity contribution in [1.29, 1.82) is 0 Å². The second-order valence-corrected chi connectivity index (χ2v) is 7.91. The Labute approximate surface area is 165 Å². The molecule has 3 rings (SSSR count). The van der Waals surface area contributed by atoms with Crippen molar-refractivity contribution in [1.82, 2.24) is 0 Å². The van der Waals surface area contributed by atoms with E-state index < -0.39 is 6.36 Å². The van der Waals surface area contributed by atoms with Gasteiger partial charge in [-0.3, -0.25) is 0 Å². The summed E-state index contributed by atoms with van der Waals surface area (Å²) in [5.74, 6) is 1.35. The molecule has 1 nitrogen and oxygen atoms in total. The van der Waals surface area contributed by atoms with Crippen molar-refractivity contribution in [2.24, 2.45) is 5.92 Å². The highest BCUT2D eigenvalue weighted by molar-refractivity contribution is 5.64. The lowest BCUT2D eigenvalue weighted by atomic mass is 9.77. The number of alkyl halides is 3. The summed E-state index contributed by atoms with van der Waals surface area (Å²) in [5, 5.41) is 0. The Morgan fingerprint density at radius 3 is 1.93 bits per heavy atom. The van der Waals surface area contributed by atoms with Crippen LogP contribution < -0.4 is 4.74 Å². The molecule has 28 heavy (non-hydrogen) atoms. The zero-order valence-electron chi connectivity index (χ0n) is 16.5. The molecule has 0 heterocycles. The van der Waals surface area contributed by atoms with Gasteiger partial charge in [0.2, 0.25) is 0 Å². The Morgan fingerprint density at radius 1 is 0.821 bits per heavy atom. The molecule has 0 radical (unpaired) electrons. The van der Waals surface area contributed by atoms with Gasteiger partial charge in [0.25, 0.3) is 0 Å². The highest BCUT2D eigenvalue weighted by atomic mass is 19.4. The molecule has 4 heteroatoms. The van der Waals surface area contributed by atoms with E-state index >= 15 is 0 Å². The molecule has 0 N–H and O–H groups in total. The van der Waals surface area contributed by atoms with Crippen molar-refractivity contribution < 1.29 is 17.9 Å². The lowest BCUT2D eigenvalue weighted by Crippen LogP contribution is -2.16. The number of hydrogen-bond donors (Lipinski definition) is 0. The van der Waals surface area contributed by atoms with Crippen LogP contribution in [0.2, 0.25) is 0 Å². The number of unbranched alkanes of at least 4 members (excludes halogenated alkanes) is 2. The van der Waals surface area contributed by atoms with Crippen LogP contribution in [0.1, 0.15) is 69.8 Å². The lowest BCUT2D eigenvalue weighted by molar-refractivity contribution is -0.274. The van der Waals surface area contributed by atoms with Crippen LogP contribution in [0, 0.1) is 5.92 Å². The van der Waals surface area contributed by atoms with Gasteiger partial charge in [-0.05, 0) is 66.3 Å². The van der Waals surface area contributed by atoms with E-state index in [-0.39, 0.29) is 5.75 Å². The van der Waals surface area contributed by atoms with Crippen molar-refractivity contribution in [3.63, 3.8) is 0 Å². The molecule has 2 aromatic carbocycles. The molecule has 1 aliphatic carbocycles. The second-order valence-electron chi connectivity index (χ2n) is 7.91. The van der Waals surface area contributed by atoms with Gasteiger partial charge in [0, 0.05) is 0 Å². The second kappa shape index (κ2) is 9.49. The average Bonchev–Trinajstić information content (AvgIpc) is 2.68. The van der Waals surface area contributed by atoms with Gasteiger partial charge in [0.1, 0.15) is 5.75 Å². The lowest BCUT2D eigenvalue weighted by Gasteiger charge is -2.29. The minimum absolute atomic E-state index is 0.191. The molecule has 0 bridgehead atoms. The first-order chi connectivity index (χ1) is 13.4. The molecule has 152 valence electrons. The molecule has 0 atom stereocenters. The Hall–Kier alpha value is -1.97. The summed E-state index contributed by atoms with van der Waals surface area (Å²) in [4.78, 5) is 0. The predicted octanol–water partition coefficient (Wildman–Crippen LogP) is 8.11. The number of rotatable bonds is 7. The normalized spacial score (nSPS) is 20.1. The monoisotopic (exact) mass is 390 g/mol. The van der Waals surface area contributed by atoms with E-state index in [0.717, 1.165) is 17.0 Å². The minimum Gasteiger partial charge on any atom is -0.406 e. The Kier molecular flexibility index (Phi) is 7.03. The molecular formula is C24H29F3O. The summed E-state index contributed by atoms with van der Waals surface area (Å²) >= 11 is 0. The minimum atomic E-state index is -4.65. The van der Waals surface area contributed by atoms with Gasteiger partial charge in [-0.1, -0.05) is 69.0 Å². The van der Waals surface area contributed by atoms with Crippen LogP contribution in [0.25, 0.3) is 11.1 Å². The highest BCUT2D eigenvalue weighted by Crippen LogP contribution is 2.38. The number of benzene rings is 2. The molecule has 0 unspecified atom stereocenters. The number of ether oxygens (including phenoxy) is 1. The van der Waals surface area contributed by atoms with E-state index in [1.165, 1.54) is 69.1 Å². The van der Waals surface area contributed by atoms with Gasteiger partial charge in [-0.15, -0.1) is 13.2 Å². The van der Waals surface area contributed by atoms with Gasteiger partial charge < -0.3 is 4.74 Å². The zero-order chi connectivity index (χ0) is 20.0. The fraction of sp³-hybridized carbons (Fsp3) is 0.500. The van der Waals surface area contributed by atoms with E-state index in [0.29, 0.717) is 5.92 Å². The van der Waals surface area contributed by atoms with Crippen LogP contribution in [0.3, 0.4) is 0 Å². The molecular weight excluding hydrogens is 361 g/mol. The molecule has 1 fully saturated rings. The quantitative estimate of drug-likeness (QED) is 0.434. The summed E-state index contributed by atoms with van der Waals surface area (Å²) in [6.45, 7) is 2.26. The van der Waals surface area contributed by atoms with Gasteiger partial charge in [-0.2, -0.15) is 0 Å². The van der Waals surface area contributed by atoms with Crippen LogP contribution in [-0.2, 0) is 0 Å². The van der Waals surface area contributed by atoms with Crippen molar-refractivity contribution in [3.05, 3.63) is 54.1 Å². The molecule has 0 aliphatic heterocycles. The van der Waals surface area contributed by atoms with Crippen LogP contribution in [0.15, 0.2) is 48.5 Å². The number of halogens is 3. The fourth-order valence-electron chi connectivity index (χ4n) is 4.26. The molecule has 2 aromatic rings. The maximum Gasteiger partial charge on any atom is 0.573 e. The first-order valence-electron chi connectivity index (χ1n) is 10.4. The zero-order valence-corrected chi connectivity index (χ0v) is 16.5. The van der Waals surface area contributed by atoms with Crippen LogP contribution in [0.5, 0.6) is 5.75 Å². The molecule has 1 saturated carbocycles. The first kappa shape index (κ1) is 20.8. The van der Waals surface area contributed by atoms with E-state index in [1.807, 2.05) is 0 Å². The van der Waals surface area contributed by atoms with Crippen molar-refractivity contribution in [2.75, 3.05) is 0 Å². The summed E-state index contributed by atoms with van der Waals surface area (Å²) in [6, 6.07) is 14.5. The van der Waals surface area contributed by atoms with Gasteiger partial charge in [-0.25, -0.2) is 0 Å². The fourth-order valence-corrected chi connectivity index (χ4v) is 4.26. The summed E-state index contributed by atoms with van der Waals surface area (Å²) in [6.07, 6.45) is 5.93. The molecule has 0 amide bonds. The molecule has 0 saturated heterocycles. The van der Waals surface area contributed by atoms with Crippen LogP contribution in [-0.4, -0.2) is 6.36 Å². The van der Waals surface area contributed by atoms with E-state index in [2.05, 4.69) is 35.9 Å². The van der Waals surface area contributed by atoms with Crippen molar-refractivity contribution in [2.45, 2.75) is 70.6 Å². The standard InChI is InChI=1S/C24H29F3O/c1-2-3-4-5-18-6-8-19(9-7-18)20-10-12-21(13-11-20)22-14-16-23(17-15-22)28-24(25,26)27/h10-19H,2-9H2,1H3/t18-,19-. The Bertz CT molecular complexity index is 711. The van der Waals surface area contributed by atoms with Crippen LogP contribution in [0.4, 0.5) is 13.2 Å². The van der Waals surface area contributed by atoms with Gasteiger partial charge >= 0.3 is 6.36 Å². The third-order valence-corrected chi connectivity index (χ3v) is 5.87. The average molecular weight is 390 g/mol. The summed E-state index contributed by atoms with van der Waals surface area (Å²) < 4.78 is 40.7. The molecule has 0 aromatic heterocycles. The summed E-state index contributed by atoms with van der Waals surface area (Å²) in [7, 11) is 0. The maximum absolute atomic E-state index is 12.3. The highest BCUT2D eigenvalue weighted by Gasteiger charge is 2.31. The topological polar surface area (TPSA) is 9.23 Å². The smallest absolute Gasteiger partial charge is 0.406 e. The van der Waals surface area contributed by atoms with E-state index in [1.54, 1.807) is 12.1 Å². The number of hydrogen-bond acceptors (Lipinski definition) is 1. The Balaban J connectivity index is 1.55. The maximum atomic E-state index is 12.3. The van der Waals surface area contributed by atoms with E-state index in [9.17, 15) is 13.2 Å². The van der Waals surface area contributed by atoms with E-state index in [4.69, 9.17) is 0 Å². The third kappa shape index (κ3) is 6.02. The SMILES string of the molecule is CCCCC[C@H]1CC[C@H](c2ccc(-c3ccc(OC(F)(F)F)cc3)cc2)CC1. The predicted molar refractivity (Wildman–Crippen MR) is 107 cm³/mol. The third-order valence-electron chi connectivity index (χ3n) is 5.87. The summed E-state index contributed by atoms with van der Waals surface area (Å²) in [5.41, 5.74) is 3.28. The van der Waals surface area contributed by atoms with Gasteiger partial charge in [0.05, 0.1) is 0 Å².